The van der Waals surface area contributed by atoms with Crippen LogP contribution in [-0.2, 0) is 4.79 Å². The zero-order valence-corrected chi connectivity index (χ0v) is 16.9. The molecule has 0 aliphatic carbocycles. The summed E-state index contributed by atoms with van der Waals surface area (Å²) in [4.78, 5) is 29.5. The molecule has 148 valence electrons. The lowest BCUT2D eigenvalue weighted by molar-refractivity contribution is -0.124. The number of benzene rings is 1. The molecule has 1 atom stereocenters. The second kappa shape index (κ2) is 8.77. The monoisotopic (exact) mass is 371 g/mol. The smallest absolute Gasteiger partial charge is 0.256 e. The Labute approximate surface area is 163 Å². The van der Waals surface area contributed by atoms with Gasteiger partial charge in [-0.15, -0.1) is 0 Å². The third-order valence-electron chi connectivity index (χ3n) is 5.90. The Hall–Kier alpha value is -2.04. The highest BCUT2D eigenvalue weighted by Gasteiger charge is 2.28. The normalized spacial score (nSPS) is 21.4. The van der Waals surface area contributed by atoms with Crippen molar-refractivity contribution in [2.24, 2.45) is 5.92 Å². The maximum atomic E-state index is 13.2. The molecule has 1 aromatic rings. The molecule has 3 rings (SSSR count). The largest absolute Gasteiger partial charge is 0.371 e. The Morgan fingerprint density at radius 1 is 1.04 bits per heavy atom. The lowest BCUT2D eigenvalue weighted by atomic mass is 9.99. The van der Waals surface area contributed by atoms with Crippen molar-refractivity contribution in [1.29, 1.82) is 0 Å². The number of carbonyl (C=O) groups is 2. The van der Waals surface area contributed by atoms with Crippen LogP contribution in [0.25, 0.3) is 0 Å². The summed E-state index contributed by atoms with van der Waals surface area (Å²) in [7, 11) is 0. The van der Waals surface area contributed by atoms with Gasteiger partial charge in [0.25, 0.3) is 5.91 Å². The Bertz CT molecular complexity index is 665. The summed E-state index contributed by atoms with van der Waals surface area (Å²) in [6.45, 7) is 8.59. The van der Waals surface area contributed by atoms with Gasteiger partial charge in [0.2, 0.25) is 5.91 Å². The summed E-state index contributed by atoms with van der Waals surface area (Å²) in [5, 5.41) is 3.14. The molecule has 0 spiro atoms. The van der Waals surface area contributed by atoms with Crippen LogP contribution < -0.4 is 10.2 Å². The SMILES string of the molecule is CC(C)C(=O)NC1CCN(c2ccccc2C(=O)N2CCCCC2C)CC1. The molecule has 27 heavy (non-hydrogen) atoms. The van der Waals surface area contributed by atoms with E-state index in [-0.39, 0.29) is 23.8 Å². The van der Waals surface area contributed by atoms with E-state index in [1.807, 2.05) is 36.9 Å². The number of piperidine rings is 2. The lowest BCUT2D eigenvalue weighted by Gasteiger charge is -2.37. The molecule has 2 heterocycles. The summed E-state index contributed by atoms with van der Waals surface area (Å²) >= 11 is 0. The van der Waals surface area contributed by atoms with Crippen LogP contribution in [-0.4, -0.2) is 48.4 Å². The Morgan fingerprint density at radius 3 is 2.41 bits per heavy atom. The summed E-state index contributed by atoms with van der Waals surface area (Å²) in [5.41, 5.74) is 1.85. The maximum Gasteiger partial charge on any atom is 0.256 e. The van der Waals surface area contributed by atoms with Crippen LogP contribution in [0.15, 0.2) is 24.3 Å². The standard InChI is InChI=1S/C22H33N3O2/c1-16(2)21(26)23-18-11-14-24(15-12-18)20-10-5-4-9-19(20)22(27)25-13-7-6-8-17(25)3/h4-5,9-10,16-18H,6-8,11-15H2,1-3H3,(H,23,26). The fourth-order valence-corrected chi connectivity index (χ4v) is 4.12. The van der Waals surface area contributed by atoms with E-state index in [2.05, 4.69) is 23.2 Å². The van der Waals surface area contributed by atoms with E-state index >= 15 is 0 Å². The first-order valence-electron chi connectivity index (χ1n) is 10.4. The Morgan fingerprint density at radius 2 is 1.74 bits per heavy atom. The summed E-state index contributed by atoms with van der Waals surface area (Å²) in [5.74, 6) is 0.309. The molecule has 2 saturated heterocycles. The van der Waals surface area contributed by atoms with Gasteiger partial charge in [-0.2, -0.15) is 0 Å². The Balaban J connectivity index is 1.68. The molecular weight excluding hydrogens is 338 g/mol. The van der Waals surface area contributed by atoms with Gasteiger partial charge in [0.1, 0.15) is 0 Å². The molecule has 2 fully saturated rings. The molecule has 5 heteroatoms. The maximum absolute atomic E-state index is 13.2. The van der Waals surface area contributed by atoms with Crippen molar-refractivity contribution in [3.63, 3.8) is 0 Å². The second-order valence-corrected chi connectivity index (χ2v) is 8.29. The number of anilines is 1. The van der Waals surface area contributed by atoms with E-state index in [0.29, 0.717) is 6.04 Å². The number of nitrogens with zero attached hydrogens (tertiary/aromatic N) is 2. The number of hydrogen-bond acceptors (Lipinski definition) is 3. The van der Waals surface area contributed by atoms with Gasteiger partial charge in [0.05, 0.1) is 5.56 Å². The number of para-hydroxylation sites is 1. The molecule has 0 aromatic heterocycles. The number of hydrogen-bond donors (Lipinski definition) is 1. The Kier molecular flexibility index (Phi) is 6.40. The third kappa shape index (κ3) is 4.63. The minimum Gasteiger partial charge on any atom is -0.371 e. The average Bonchev–Trinajstić information content (AvgIpc) is 2.68. The predicted octanol–water partition coefficient (Wildman–Crippen LogP) is 3.44. The fourth-order valence-electron chi connectivity index (χ4n) is 4.12. The summed E-state index contributed by atoms with van der Waals surface area (Å²) < 4.78 is 0. The van der Waals surface area contributed by atoms with E-state index in [1.54, 1.807) is 0 Å². The topological polar surface area (TPSA) is 52.7 Å². The van der Waals surface area contributed by atoms with E-state index in [9.17, 15) is 9.59 Å². The molecule has 1 unspecified atom stereocenters. The van der Waals surface area contributed by atoms with Crippen molar-refractivity contribution in [2.45, 2.75) is 65.0 Å². The van der Waals surface area contributed by atoms with Crippen molar-refractivity contribution in [2.75, 3.05) is 24.5 Å². The van der Waals surface area contributed by atoms with Gasteiger partial charge < -0.3 is 15.1 Å². The van der Waals surface area contributed by atoms with Gasteiger partial charge in [0.15, 0.2) is 0 Å². The van der Waals surface area contributed by atoms with Crippen LogP contribution in [0.5, 0.6) is 0 Å². The highest BCUT2D eigenvalue weighted by molar-refractivity contribution is 6.00. The molecular formula is C22H33N3O2. The van der Waals surface area contributed by atoms with Crippen LogP contribution >= 0.6 is 0 Å². The first-order chi connectivity index (χ1) is 13.0. The minimum atomic E-state index is 0.0212. The minimum absolute atomic E-state index is 0.0212. The summed E-state index contributed by atoms with van der Waals surface area (Å²) in [6, 6.07) is 8.55. The second-order valence-electron chi connectivity index (χ2n) is 8.29. The van der Waals surface area contributed by atoms with Gasteiger partial charge in [0, 0.05) is 43.3 Å². The number of nitrogens with one attached hydrogen (secondary N) is 1. The van der Waals surface area contributed by atoms with E-state index < -0.39 is 0 Å². The van der Waals surface area contributed by atoms with Crippen LogP contribution in [0.3, 0.4) is 0 Å². The zero-order chi connectivity index (χ0) is 19.4. The van der Waals surface area contributed by atoms with Crippen molar-refractivity contribution in [1.82, 2.24) is 10.2 Å². The van der Waals surface area contributed by atoms with Crippen molar-refractivity contribution in [3.05, 3.63) is 29.8 Å². The zero-order valence-electron chi connectivity index (χ0n) is 16.9. The number of carbonyl (C=O) groups excluding carboxylic acids is 2. The molecule has 1 aromatic carbocycles. The van der Waals surface area contributed by atoms with Crippen molar-refractivity contribution in [3.8, 4) is 0 Å². The predicted molar refractivity (Wildman–Crippen MR) is 109 cm³/mol. The van der Waals surface area contributed by atoms with Gasteiger partial charge in [-0.1, -0.05) is 26.0 Å². The van der Waals surface area contributed by atoms with Crippen LogP contribution in [0, 0.1) is 5.92 Å². The molecule has 2 amide bonds. The highest BCUT2D eigenvalue weighted by Crippen LogP contribution is 2.28. The van der Waals surface area contributed by atoms with Crippen LogP contribution in [0.2, 0.25) is 0 Å². The number of amides is 2. The number of rotatable bonds is 4. The molecule has 0 bridgehead atoms. The highest BCUT2D eigenvalue weighted by atomic mass is 16.2. The van der Waals surface area contributed by atoms with Gasteiger partial charge in [-0.3, -0.25) is 9.59 Å². The molecule has 1 N–H and O–H groups in total. The van der Waals surface area contributed by atoms with Gasteiger partial charge >= 0.3 is 0 Å². The fraction of sp³-hybridized carbons (Fsp3) is 0.636. The van der Waals surface area contributed by atoms with E-state index in [0.717, 1.165) is 56.6 Å². The molecule has 2 aliphatic heterocycles. The molecule has 2 aliphatic rings. The van der Waals surface area contributed by atoms with Crippen LogP contribution in [0.1, 0.15) is 63.2 Å². The van der Waals surface area contributed by atoms with E-state index in [4.69, 9.17) is 0 Å². The molecule has 0 radical (unpaired) electrons. The quantitative estimate of drug-likeness (QED) is 0.882. The molecule has 0 saturated carbocycles. The third-order valence-corrected chi connectivity index (χ3v) is 5.90. The van der Waals surface area contributed by atoms with E-state index in [1.165, 1.54) is 6.42 Å². The lowest BCUT2D eigenvalue weighted by Crippen LogP contribution is -2.46. The van der Waals surface area contributed by atoms with Crippen molar-refractivity contribution < 1.29 is 9.59 Å². The average molecular weight is 372 g/mol. The van der Waals surface area contributed by atoms with Crippen molar-refractivity contribution >= 4 is 17.5 Å². The molecule has 5 nitrogen and oxygen atoms in total. The van der Waals surface area contributed by atoms with Gasteiger partial charge in [-0.05, 0) is 51.2 Å². The first-order valence-corrected chi connectivity index (χ1v) is 10.4. The first kappa shape index (κ1) is 19.7. The van der Waals surface area contributed by atoms with Gasteiger partial charge in [-0.25, -0.2) is 0 Å². The number of likely N-dealkylation sites (tertiary alicyclic amines) is 1. The summed E-state index contributed by atoms with van der Waals surface area (Å²) in [6.07, 6.45) is 5.23. The van der Waals surface area contributed by atoms with Crippen LogP contribution in [0.4, 0.5) is 5.69 Å².